The standard InChI is InChI=1S/C14H22S2/c1-11-7-5-6-8-13(11)16-10-12(9-15)14(2,3)4/h5-8,12,15H,9-10H2,1-4H3. The summed E-state index contributed by atoms with van der Waals surface area (Å²) in [5.41, 5.74) is 1.72. The highest BCUT2D eigenvalue weighted by atomic mass is 32.2. The van der Waals surface area contributed by atoms with Gasteiger partial charge in [-0.1, -0.05) is 39.0 Å². The molecule has 0 aromatic heterocycles. The molecule has 90 valence electrons. The lowest BCUT2D eigenvalue weighted by Crippen LogP contribution is -2.24. The average molecular weight is 254 g/mol. The minimum Gasteiger partial charge on any atom is -0.179 e. The van der Waals surface area contributed by atoms with Crippen LogP contribution < -0.4 is 0 Å². The highest BCUT2D eigenvalue weighted by Crippen LogP contribution is 2.33. The number of thiol groups is 1. The molecule has 1 rings (SSSR count). The summed E-state index contributed by atoms with van der Waals surface area (Å²) in [4.78, 5) is 1.40. The van der Waals surface area contributed by atoms with Crippen LogP contribution in [-0.4, -0.2) is 11.5 Å². The van der Waals surface area contributed by atoms with Gasteiger partial charge in [0.25, 0.3) is 0 Å². The fourth-order valence-corrected chi connectivity index (χ4v) is 3.81. The third kappa shape index (κ3) is 4.06. The Labute approximate surface area is 110 Å². The maximum atomic E-state index is 4.47. The lowest BCUT2D eigenvalue weighted by atomic mass is 9.83. The molecular weight excluding hydrogens is 232 g/mol. The second-order valence-electron chi connectivity index (χ2n) is 5.32. The van der Waals surface area contributed by atoms with E-state index in [1.807, 2.05) is 11.8 Å². The summed E-state index contributed by atoms with van der Waals surface area (Å²) < 4.78 is 0. The van der Waals surface area contributed by atoms with E-state index < -0.39 is 0 Å². The molecule has 0 bridgehead atoms. The van der Waals surface area contributed by atoms with Crippen molar-refractivity contribution in [2.24, 2.45) is 11.3 Å². The van der Waals surface area contributed by atoms with Gasteiger partial charge >= 0.3 is 0 Å². The minimum atomic E-state index is 0.345. The summed E-state index contributed by atoms with van der Waals surface area (Å²) in [6, 6.07) is 8.59. The normalized spacial score (nSPS) is 13.8. The smallest absolute Gasteiger partial charge is 0.0101 e. The molecule has 16 heavy (non-hydrogen) atoms. The molecule has 0 aliphatic carbocycles. The van der Waals surface area contributed by atoms with Crippen molar-refractivity contribution in [1.29, 1.82) is 0 Å². The third-order valence-electron chi connectivity index (χ3n) is 2.98. The van der Waals surface area contributed by atoms with Crippen LogP contribution in [0.3, 0.4) is 0 Å². The molecule has 0 saturated heterocycles. The third-order valence-corrected chi connectivity index (χ3v) is 4.76. The second kappa shape index (κ2) is 6.02. The Morgan fingerprint density at radius 3 is 2.38 bits per heavy atom. The second-order valence-corrected chi connectivity index (χ2v) is 6.75. The van der Waals surface area contributed by atoms with Crippen molar-refractivity contribution in [3.05, 3.63) is 29.8 Å². The van der Waals surface area contributed by atoms with Crippen molar-refractivity contribution in [3.8, 4) is 0 Å². The zero-order chi connectivity index (χ0) is 12.2. The molecule has 1 aromatic rings. The van der Waals surface area contributed by atoms with E-state index in [1.54, 1.807) is 0 Å². The number of rotatable bonds is 4. The SMILES string of the molecule is Cc1ccccc1SCC(CS)C(C)(C)C. The Morgan fingerprint density at radius 1 is 1.25 bits per heavy atom. The first kappa shape index (κ1) is 14.0. The fraction of sp³-hybridized carbons (Fsp3) is 0.571. The van der Waals surface area contributed by atoms with Gasteiger partial charge in [-0.05, 0) is 35.6 Å². The zero-order valence-electron chi connectivity index (χ0n) is 10.7. The van der Waals surface area contributed by atoms with Crippen LogP contribution in [0.2, 0.25) is 0 Å². The molecule has 0 nitrogen and oxygen atoms in total. The van der Waals surface area contributed by atoms with Crippen molar-refractivity contribution in [1.82, 2.24) is 0 Å². The van der Waals surface area contributed by atoms with Crippen molar-refractivity contribution in [2.75, 3.05) is 11.5 Å². The van der Waals surface area contributed by atoms with Crippen LogP contribution in [0, 0.1) is 18.3 Å². The van der Waals surface area contributed by atoms with Crippen molar-refractivity contribution in [3.63, 3.8) is 0 Å². The Bertz CT molecular complexity index is 326. The average Bonchev–Trinajstić information content (AvgIpc) is 2.19. The molecule has 0 amide bonds. The first-order valence-corrected chi connectivity index (χ1v) is 7.36. The molecule has 0 heterocycles. The maximum Gasteiger partial charge on any atom is 0.0101 e. The van der Waals surface area contributed by atoms with Gasteiger partial charge in [0.15, 0.2) is 0 Å². The van der Waals surface area contributed by atoms with Gasteiger partial charge in [-0.15, -0.1) is 11.8 Å². The predicted octanol–water partition coefficient (Wildman–Crippen LogP) is 4.68. The topological polar surface area (TPSA) is 0 Å². The summed E-state index contributed by atoms with van der Waals surface area (Å²) in [6.07, 6.45) is 0. The summed E-state index contributed by atoms with van der Waals surface area (Å²) >= 11 is 6.43. The monoisotopic (exact) mass is 254 g/mol. The van der Waals surface area contributed by atoms with E-state index in [0.717, 1.165) is 11.5 Å². The van der Waals surface area contributed by atoms with Gasteiger partial charge in [-0.3, -0.25) is 0 Å². The maximum absolute atomic E-state index is 4.47. The number of aryl methyl sites for hydroxylation is 1. The van der Waals surface area contributed by atoms with Gasteiger partial charge in [0.1, 0.15) is 0 Å². The molecule has 0 aliphatic rings. The molecule has 0 radical (unpaired) electrons. The van der Waals surface area contributed by atoms with Crippen LogP contribution in [0.25, 0.3) is 0 Å². The van der Waals surface area contributed by atoms with E-state index in [2.05, 4.69) is 64.6 Å². The zero-order valence-corrected chi connectivity index (χ0v) is 12.4. The highest BCUT2D eigenvalue weighted by molar-refractivity contribution is 7.99. The first-order valence-electron chi connectivity index (χ1n) is 5.74. The Kier molecular flexibility index (Phi) is 5.26. The Balaban J connectivity index is 2.60. The van der Waals surface area contributed by atoms with Gasteiger partial charge in [-0.2, -0.15) is 12.6 Å². The lowest BCUT2D eigenvalue weighted by Gasteiger charge is -2.29. The van der Waals surface area contributed by atoms with Crippen LogP contribution in [0.1, 0.15) is 26.3 Å². The number of hydrogen-bond acceptors (Lipinski definition) is 2. The number of hydrogen-bond donors (Lipinski definition) is 1. The fourth-order valence-electron chi connectivity index (χ4n) is 1.49. The summed E-state index contributed by atoms with van der Waals surface area (Å²) in [5, 5.41) is 0. The molecule has 0 saturated carbocycles. The molecular formula is C14H22S2. The van der Waals surface area contributed by atoms with Crippen molar-refractivity contribution >= 4 is 24.4 Å². The van der Waals surface area contributed by atoms with Gasteiger partial charge in [0.2, 0.25) is 0 Å². The lowest BCUT2D eigenvalue weighted by molar-refractivity contribution is 0.294. The van der Waals surface area contributed by atoms with Crippen LogP contribution in [0.5, 0.6) is 0 Å². The summed E-state index contributed by atoms with van der Waals surface area (Å²) in [5.74, 6) is 2.76. The van der Waals surface area contributed by atoms with E-state index in [9.17, 15) is 0 Å². The van der Waals surface area contributed by atoms with E-state index in [4.69, 9.17) is 0 Å². The molecule has 0 aliphatic heterocycles. The molecule has 0 N–H and O–H groups in total. The Hall–Kier alpha value is -0.0800. The highest BCUT2D eigenvalue weighted by Gasteiger charge is 2.23. The van der Waals surface area contributed by atoms with Crippen LogP contribution in [0.15, 0.2) is 29.2 Å². The van der Waals surface area contributed by atoms with Crippen molar-refractivity contribution in [2.45, 2.75) is 32.6 Å². The van der Waals surface area contributed by atoms with E-state index >= 15 is 0 Å². The van der Waals surface area contributed by atoms with E-state index in [1.165, 1.54) is 10.5 Å². The van der Waals surface area contributed by atoms with Gasteiger partial charge in [-0.25, -0.2) is 0 Å². The molecule has 0 fully saturated rings. The summed E-state index contributed by atoms with van der Waals surface area (Å²) in [7, 11) is 0. The summed E-state index contributed by atoms with van der Waals surface area (Å²) in [6.45, 7) is 9.07. The van der Waals surface area contributed by atoms with Crippen LogP contribution >= 0.6 is 24.4 Å². The van der Waals surface area contributed by atoms with Gasteiger partial charge in [0.05, 0.1) is 0 Å². The van der Waals surface area contributed by atoms with Crippen LogP contribution in [-0.2, 0) is 0 Å². The van der Waals surface area contributed by atoms with Gasteiger partial charge in [0, 0.05) is 10.6 Å². The van der Waals surface area contributed by atoms with Gasteiger partial charge < -0.3 is 0 Å². The molecule has 2 heteroatoms. The Morgan fingerprint density at radius 2 is 1.88 bits per heavy atom. The van der Waals surface area contributed by atoms with Crippen LogP contribution in [0.4, 0.5) is 0 Å². The quantitative estimate of drug-likeness (QED) is 0.601. The van der Waals surface area contributed by atoms with E-state index in [-0.39, 0.29) is 0 Å². The van der Waals surface area contributed by atoms with E-state index in [0.29, 0.717) is 11.3 Å². The number of benzene rings is 1. The minimum absolute atomic E-state index is 0.345. The predicted molar refractivity (Wildman–Crippen MR) is 78.7 cm³/mol. The molecule has 1 atom stereocenters. The molecule has 1 aromatic carbocycles. The first-order chi connectivity index (χ1) is 7.45. The molecule has 1 unspecified atom stereocenters. The largest absolute Gasteiger partial charge is 0.179 e. The number of thioether (sulfide) groups is 1. The molecule has 0 spiro atoms. The van der Waals surface area contributed by atoms with Crippen molar-refractivity contribution < 1.29 is 0 Å².